The van der Waals surface area contributed by atoms with Crippen molar-refractivity contribution in [3.05, 3.63) is 53.6 Å². The van der Waals surface area contributed by atoms with Crippen LogP contribution in [0, 0.1) is 11.3 Å². The Labute approximate surface area is 113 Å². The lowest BCUT2D eigenvalue weighted by atomic mass is 10.2. The molecule has 20 heavy (non-hydrogen) atoms. The Kier molecular flexibility index (Phi) is 3.53. The lowest BCUT2D eigenvalue weighted by molar-refractivity contribution is -0.137. The molecule has 0 aromatic heterocycles. The number of ether oxygens (including phenoxy) is 1. The van der Waals surface area contributed by atoms with Gasteiger partial charge in [0.1, 0.15) is 17.6 Å². The van der Waals surface area contributed by atoms with E-state index in [9.17, 15) is 13.2 Å². The van der Waals surface area contributed by atoms with Crippen LogP contribution in [0.15, 0.2) is 42.5 Å². The summed E-state index contributed by atoms with van der Waals surface area (Å²) in [5.74, 6) is 0.600. The van der Waals surface area contributed by atoms with Gasteiger partial charge in [0.25, 0.3) is 0 Å². The highest BCUT2D eigenvalue weighted by atomic mass is 19.4. The van der Waals surface area contributed by atoms with Crippen molar-refractivity contribution in [1.29, 1.82) is 5.26 Å². The predicted octanol–water partition coefficient (Wildman–Crippen LogP) is 3.95. The summed E-state index contributed by atoms with van der Waals surface area (Å²) in [7, 11) is 0. The Balaban J connectivity index is 2.19. The molecule has 0 atom stereocenters. The predicted molar refractivity (Wildman–Crippen MR) is 67.1 cm³/mol. The smallest absolute Gasteiger partial charge is 0.416 e. The number of anilines is 1. The van der Waals surface area contributed by atoms with Gasteiger partial charge in [0, 0.05) is 6.07 Å². The van der Waals surface area contributed by atoms with Crippen LogP contribution in [0.25, 0.3) is 0 Å². The lowest BCUT2D eigenvalue weighted by Crippen LogP contribution is -2.04. The molecule has 6 heteroatoms. The van der Waals surface area contributed by atoms with Crippen LogP contribution in [0.2, 0.25) is 0 Å². The number of hydrogen-bond donors (Lipinski definition) is 1. The lowest BCUT2D eigenvalue weighted by Gasteiger charge is -2.09. The molecule has 0 aliphatic rings. The molecule has 0 spiro atoms. The van der Waals surface area contributed by atoms with E-state index < -0.39 is 11.7 Å². The SMILES string of the molecule is N#Cc1ccc(Oc2ccc(C(F)(F)F)cc2)cc1N. The topological polar surface area (TPSA) is 59.0 Å². The molecule has 0 saturated heterocycles. The molecule has 102 valence electrons. The van der Waals surface area contributed by atoms with E-state index in [0.717, 1.165) is 12.1 Å². The van der Waals surface area contributed by atoms with Crippen LogP contribution in [0.5, 0.6) is 11.5 Å². The summed E-state index contributed by atoms with van der Waals surface area (Å²) in [5, 5.41) is 8.73. The molecule has 0 saturated carbocycles. The molecule has 3 nitrogen and oxygen atoms in total. The van der Waals surface area contributed by atoms with Crippen LogP contribution in [-0.2, 0) is 6.18 Å². The minimum absolute atomic E-state index is 0.247. The first-order valence-electron chi connectivity index (χ1n) is 5.55. The quantitative estimate of drug-likeness (QED) is 0.846. The zero-order valence-electron chi connectivity index (χ0n) is 10.1. The van der Waals surface area contributed by atoms with Gasteiger partial charge < -0.3 is 10.5 Å². The standard InChI is InChI=1S/C14H9F3N2O/c15-14(16,17)10-2-5-11(6-3-10)20-12-4-1-9(8-18)13(19)7-12/h1-7H,19H2. The molecule has 0 unspecified atom stereocenters. The molecule has 0 radical (unpaired) electrons. The van der Waals surface area contributed by atoms with Gasteiger partial charge >= 0.3 is 6.18 Å². The number of nitrogens with two attached hydrogens (primary N) is 1. The van der Waals surface area contributed by atoms with Gasteiger partial charge in [-0.3, -0.25) is 0 Å². The number of halogens is 3. The number of hydrogen-bond acceptors (Lipinski definition) is 3. The average molecular weight is 278 g/mol. The van der Waals surface area contributed by atoms with E-state index in [4.69, 9.17) is 15.7 Å². The molecule has 0 amide bonds. The molecule has 0 heterocycles. The van der Waals surface area contributed by atoms with E-state index in [1.54, 1.807) is 0 Å². The Morgan fingerprint density at radius 1 is 1.00 bits per heavy atom. The second kappa shape index (κ2) is 5.13. The van der Waals surface area contributed by atoms with Crippen LogP contribution in [0.4, 0.5) is 18.9 Å². The fourth-order valence-electron chi connectivity index (χ4n) is 1.55. The number of nitrogen functional groups attached to an aromatic ring is 1. The summed E-state index contributed by atoms with van der Waals surface area (Å²) in [4.78, 5) is 0. The van der Waals surface area contributed by atoms with Crippen LogP contribution < -0.4 is 10.5 Å². The van der Waals surface area contributed by atoms with Gasteiger partial charge in [0.2, 0.25) is 0 Å². The molecule has 2 N–H and O–H groups in total. The number of benzene rings is 2. The molecule has 2 rings (SSSR count). The Bertz CT molecular complexity index is 658. The van der Waals surface area contributed by atoms with Gasteiger partial charge in [-0.2, -0.15) is 18.4 Å². The van der Waals surface area contributed by atoms with Crippen LogP contribution in [0.1, 0.15) is 11.1 Å². The molecule has 0 aliphatic carbocycles. The van der Waals surface area contributed by atoms with Crippen molar-refractivity contribution in [1.82, 2.24) is 0 Å². The van der Waals surface area contributed by atoms with E-state index in [1.165, 1.54) is 30.3 Å². The van der Waals surface area contributed by atoms with E-state index in [0.29, 0.717) is 11.3 Å². The number of rotatable bonds is 2. The first kappa shape index (κ1) is 13.7. The summed E-state index contributed by atoms with van der Waals surface area (Å²) in [6, 6.07) is 10.7. The summed E-state index contributed by atoms with van der Waals surface area (Å²) in [6.45, 7) is 0. The molecule has 2 aromatic carbocycles. The summed E-state index contributed by atoms with van der Waals surface area (Å²) in [6.07, 6.45) is -4.38. The van der Waals surface area contributed by atoms with E-state index in [2.05, 4.69) is 0 Å². The van der Waals surface area contributed by atoms with Crippen molar-refractivity contribution in [3.8, 4) is 17.6 Å². The average Bonchev–Trinajstić information content (AvgIpc) is 2.38. The third-order valence-corrected chi connectivity index (χ3v) is 2.56. The molecule has 2 aromatic rings. The highest BCUT2D eigenvalue weighted by molar-refractivity contribution is 5.57. The van der Waals surface area contributed by atoms with Gasteiger partial charge in [-0.05, 0) is 36.4 Å². The van der Waals surface area contributed by atoms with Gasteiger partial charge in [-0.15, -0.1) is 0 Å². The first-order valence-corrected chi connectivity index (χ1v) is 5.55. The Morgan fingerprint density at radius 3 is 2.10 bits per heavy atom. The fraction of sp³-hybridized carbons (Fsp3) is 0.0714. The van der Waals surface area contributed by atoms with Crippen LogP contribution >= 0.6 is 0 Å². The van der Waals surface area contributed by atoms with E-state index in [1.807, 2.05) is 6.07 Å². The van der Waals surface area contributed by atoms with Crippen molar-refractivity contribution in [2.45, 2.75) is 6.18 Å². The van der Waals surface area contributed by atoms with Crippen molar-refractivity contribution < 1.29 is 17.9 Å². The number of nitriles is 1. The normalized spacial score (nSPS) is 10.9. The highest BCUT2D eigenvalue weighted by Crippen LogP contribution is 2.31. The molecule has 0 fully saturated rings. The molecular formula is C14H9F3N2O. The number of nitrogens with zero attached hydrogens (tertiary/aromatic N) is 1. The summed E-state index contributed by atoms with van der Waals surface area (Å²) < 4.78 is 42.6. The van der Waals surface area contributed by atoms with Crippen LogP contribution in [-0.4, -0.2) is 0 Å². The van der Waals surface area contributed by atoms with Gasteiger partial charge in [-0.25, -0.2) is 0 Å². The maximum atomic E-state index is 12.4. The highest BCUT2D eigenvalue weighted by Gasteiger charge is 2.30. The Hall–Kier alpha value is -2.68. The van der Waals surface area contributed by atoms with Crippen molar-refractivity contribution in [2.75, 3.05) is 5.73 Å². The molecule has 0 aliphatic heterocycles. The zero-order chi connectivity index (χ0) is 14.8. The van der Waals surface area contributed by atoms with Gasteiger partial charge in [0.05, 0.1) is 16.8 Å². The van der Waals surface area contributed by atoms with E-state index >= 15 is 0 Å². The van der Waals surface area contributed by atoms with Gasteiger partial charge in [0.15, 0.2) is 0 Å². The minimum Gasteiger partial charge on any atom is -0.457 e. The van der Waals surface area contributed by atoms with Crippen molar-refractivity contribution in [3.63, 3.8) is 0 Å². The number of alkyl halides is 3. The van der Waals surface area contributed by atoms with Crippen molar-refractivity contribution >= 4 is 5.69 Å². The molecular weight excluding hydrogens is 269 g/mol. The zero-order valence-corrected chi connectivity index (χ0v) is 10.1. The van der Waals surface area contributed by atoms with E-state index in [-0.39, 0.29) is 11.4 Å². The fourth-order valence-corrected chi connectivity index (χ4v) is 1.55. The maximum absolute atomic E-state index is 12.4. The van der Waals surface area contributed by atoms with Crippen LogP contribution in [0.3, 0.4) is 0 Å². The van der Waals surface area contributed by atoms with Crippen molar-refractivity contribution in [2.24, 2.45) is 0 Å². The minimum atomic E-state index is -4.38. The first-order chi connectivity index (χ1) is 9.40. The third-order valence-electron chi connectivity index (χ3n) is 2.56. The summed E-state index contributed by atoms with van der Waals surface area (Å²) >= 11 is 0. The summed E-state index contributed by atoms with van der Waals surface area (Å²) in [5.41, 5.74) is 5.43. The Morgan fingerprint density at radius 2 is 1.60 bits per heavy atom. The van der Waals surface area contributed by atoms with Gasteiger partial charge in [-0.1, -0.05) is 0 Å². The maximum Gasteiger partial charge on any atom is 0.416 e. The second-order valence-electron chi connectivity index (χ2n) is 3.99. The molecule has 0 bridgehead atoms. The third kappa shape index (κ3) is 3.01. The second-order valence-corrected chi connectivity index (χ2v) is 3.99. The largest absolute Gasteiger partial charge is 0.457 e. The monoisotopic (exact) mass is 278 g/mol.